The minimum atomic E-state index is -0.474. The lowest BCUT2D eigenvalue weighted by Crippen LogP contribution is -2.36. The number of imide groups is 1. The molecule has 0 spiro atoms. The van der Waals surface area contributed by atoms with Crippen molar-refractivity contribution < 1.29 is 9.59 Å². The third kappa shape index (κ3) is 3.42. The molecule has 0 bridgehead atoms. The van der Waals surface area contributed by atoms with Crippen LogP contribution in [0.25, 0.3) is 0 Å². The van der Waals surface area contributed by atoms with Crippen LogP contribution >= 0.6 is 35.0 Å². The van der Waals surface area contributed by atoms with E-state index in [9.17, 15) is 9.59 Å². The Kier molecular flexibility index (Phi) is 4.71. The van der Waals surface area contributed by atoms with E-state index in [-0.39, 0.29) is 17.2 Å². The fourth-order valence-corrected chi connectivity index (χ4v) is 3.23. The number of rotatable bonds is 2. The maximum Gasteiger partial charge on any atom is 0.268 e. The normalized spacial score (nSPS) is 16.2. The molecule has 1 saturated heterocycles. The molecule has 2 aromatic carbocycles. The van der Waals surface area contributed by atoms with Crippen LogP contribution in [0, 0.1) is 0 Å². The summed E-state index contributed by atoms with van der Waals surface area (Å²) in [5, 5.41) is 1.23. The Morgan fingerprint density at radius 2 is 1.78 bits per heavy atom. The number of amides is 2. The van der Waals surface area contributed by atoms with Crippen LogP contribution in [0.3, 0.4) is 0 Å². The van der Waals surface area contributed by atoms with Gasteiger partial charge in [-0.3, -0.25) is 9.59 Å². The van der Waals surface area contributed by atoms with Crippen LogP contribution < -0.4 is 0 Å². The van der Waals surface area contributed by atoms with E-state index < -0.39 is 5.91 Å². The number of hydrogen-bond donors (Lipinski definition) is 0. The van der Waals surface area contributed by atoms with Gasteiger partial charge in [0.25, 0.3) is 5.91 Å². The van der Waals surface area contributed by atoms with Crippen molar-refractivity contribution >= 4 is 57.6 Å². The lowest BCUT2D eigenvalue weighted by Gasteiger charge is -2.14. The van der Waals surface area contributed by atoms with Crippen LogP contribution in [0.4, 0.5) is 5.69 Å². The van der Waals surface area contributed by atoms with Gasteiger partial charge in [0.05, 0.1) is 22.0 Å². The maximum absolute atomic E-state index is 12.6. The Hall–Kier alpha value is -1.82. The monoisotopic (exact) mass is 364 g/mol. The van der Waals surface area contributed by atoms with Gasteiger partial charge in [-0.05, 0) is 36.4 Å². The van der Waals surface area contributed by atoms with Crippen molar-refractivity contribution in [1.29, 1.82) is 0 Å². The Morgan fingerprint density at radius 1 is 1.09 bits per heavy atom. The second kappa shape index (κ2) is 6.74. The largest absolute Gasteiger partial charge is 0.273 e. The molecule has 1 aliphatic rings. The number of amidine groups is 1. The summed E-state index contributed by atoms with van der Waals surface area (Å²) in [4.78, 5) is 30.2. The Balaban J connectivity index is 1.95. The molecule has 0 aliphatic carbocycles. The van der Waals surface area contributed by atoms with Crippen molar-refractivity contribution in [3.05, 3.63) is 64.1 Å². The number of aliphatic imine (C=N–C) groups is 1. The van der Waals surface area contributed by atoms with Gasteiger partial charge < -0.3 is 0 Å². The number of benzene rings is 2. The highest BCUT2D eigenvalue weighted by atomic mass is 35.5. The highest BCUT2D eigenvalue weighted by Gasteiger charge is 2.35. The topological polar surface area (TPSA) is 49.7 Å². The fourth-order valence-electron chi connectivity index (χ4n) is 2.03. The molecule has 3 rings (SSSR count). The van der Waals surface area contributed by atoms with E-state index in [1.165, 1.54) is 11.8 Å². The van der Waals surface area contributed by atoms with Gasteiger partial charge >= 0.3 is 0 Å². The smallest absolute Gasteiger partial charge is 0.268 e. The number of carbonyl (C=O) groups excluding carboxylic acids is 2. The Bertz CT molecular complexity index is 806. The number of thioether (sulfide) groups is 1. The first-order chi connectivity index (χ1) is 11.1. The first kappa shape index (κ1) is 16.1. The lowest BCUT2D eigenvalue weighted by atomic mass is 10.2. The van der Waals surface area contributed by atoms with E-state index in [4.69, 9.17) is 23.2 Å². The molecule has 0 unspecified atom stereocenters. The molecule has 7 heteroatoms. The molecular weight excluding hydrogens is 355 g/mol. The van der Waals surface area contributed by atoms with Crippen molar-refractivity contribution in [2.75, 3.05) is 5.75 Å². The molecule has 0 radical (unpaired) electrons. The molecule has 2 amide bonds. The van der Waals surface area contributed by atoms with Gasteiger partial charge in [-0.15, -0.1) is 0 Å². The summed E-state index contributed by atoms with van der Waals surface area (Å²) < 4.78 is 0. The van der Waals surface area contributed by atoms with Crippen molar-refractivity contribution in [2.24, 2.45) is 4.99 Å². The molecule has 0 atom stereocenters. The molecule has 1 aliphatic heterocycles. The fraction of sp³-hybridized carbons (Fsp3) is 0.0625. The summed E-state index contributed by atoms with van der Waals surface area (Å²) in [6.07, 6.45) is 0. The van der Waals surface area contributed by atoms with E-state index in [1.54, 1.807) is 48.5 Å². The minimum Gasteiger partial charge on any atom is -0.273 e. The molecule has 116 valence electrons. The van der Waals surface area contributed by atoms with Crippen LogP contribution in [0.15, 0.2) is 53.5 Å². The van der Waals surface area contributed by atoms with Crippen LogP contribution in [0.1, 0.15) is 10.4 Å². The average Bonchev–Trinajstić information content (AvgIpc) is 2.90. The number of hydrogen-bond acceptors (Lipinski definition) is 4. The van der Waals surface area contributed by atoms with Crippen molar-refractivity contribution in [1.82, 2.24) is 4.90 Å². The summed E-state index contributed by atoms with van der Waals surface area (Å²) >= 11 is 13.1. The van der Waals surface area contributed by atoms with Gasteiger partial charge in [0.1, 0.15) is 0 Å². The zero-order valence-corrected chi connectivity index (χ0v) is 14.0. The van der Waals surface area contributed by atoms with Gasteiger partial charge in [0.15, 0.2) is 5.17 Å². The van der Waals surface area contributed by atoms with E-state index >= 15 is 0 Å². The van der Waals surface area contributed by atoms with Crippen LogP contribution in [0.2, 0.25) is 10.0 Å². The zero-order valence-electron chi connectivity index (χ0n) is 11.7. The average molecular weight is 365 g/mol. The van der Waals surface area contributed by atoms with Crippen molar-refractivity contribution in [2.45, 2.75) is 0 Å². The summed E-state index contributed by atoms with van der Waals surface area (Å²) in [6.45, 7) is 0. The summed E-state index contributed by atoms with van der Waals surface area (Å²) in [7, 11) is 0. The van der Waals surface area contributed by atoms with Crippen LogP contribution in [-0.4, -0.2) is 27.6 Å². The van der Waals surface area contributed by atoms with E-state index in [1.807, 2.05) is 0 Å². The molecule has 4 nitrogen and oxygen atoms in total. The van der Waals surface area contributed by atoms with E-state index in [0.29, 0.717) is 20.9 Å². The predicted molar refractivity (Wildman–Crippen MR) is 93.6 cm³/mol. The highest BCUT2D eigenvalue weighted by Crippen LogP contribution is 2.27. The zero-order chi connectivity index (χ0) is 16.4. The molecule has 1 heterocycles. The van der Waals surface area contributed by atoms with Gasteiger partial charge in [0, 0.05) is 5.02 Å². The molecule has 0 saturated carbocycles. The van der Waals surface area contributed by atoms with E-state index in [0.717, 1.165) is 4.90 Å². The van der Waals surface area contributed by atoms with Crippen LogP contribution in [0.5, 0.6) is 0 Å². The summed E-state index contributed by atoms with van der Waals surface area (Å²) in [6, 6.07) is 13.4. The second-order valence-electron chi connectivity index (χ2n) is 4.67. The highest BCUT2D eigenvalue weighted by molar-refractivity contribution is 8.15. The quantitative estimate of drug-likeness (QED) is 0.742. The molecule has 2 aromatic rings. The third-order valence-electron chi connectivity index (χ3n) is 3.12. The maximum atomic E-state index is 12.6. The molecular formula is C16H10Cl2N2O2S. The third-order valence-corrected chi connectivity index (χ3v) is 4.63. The minimum absolute atomic E-state index is 0.169. The predicted octanol–water partition coefficient (Wildman–Crippen LogP) is 4.40. The molecule has 0 aromatic heterocycles. The summed E-state index contributed by atoms with van der Waals surface area (Å²) in [5.41, 5.74) is 0.886. The van der Waals surface area contributed by atoms with Gasteiger partial charge in [-0.2, -0.15) is 0 Å². The molecule has 0 N–H and O–H groups in total. The van der Waals surface area contributed by atoms with Crippen LogP contribution in [-0.2, 0) is 4.79 Å². The Morgan fingerprint density at radius 3 is 2.48 bits per heavy atom. The van der Waals surface area contributed by atoms with Crippen molar-refractivity contribution in [3.63, 3.8) is 0 Å². The Labute approximate surface area is 147 Å². The number of nitrogens with zero attached hydrogens (tertiary/aromatic N) is 2. The molecule has 23 heavy (non-hydrogen) atoms. The van der Waals surface area contributed by atoms with Gasteiger partial charge in [0.2, 0.25) is 5.91 Å². The first-order valence-corrected chi connectivity index (χ1v) is 8.39. The summed E-state index contributed by atoms with van der Waals surface area (Å²) in [5.74, 6) is -0.617. The lowest BCUT2D eigenvalue weighted by molar-refractivity contribution is -0.122. The number of carbonyl (C=O) groups is 2. The van der Waals surface area contributed by atoms with Crippen molar-refractivity contribution in [3.8, 4) is 0 Å². The van der Waals surface area contributed by atoms with Gasteiger partial charge in [-0.25, -0.2) is 9.89 Å². The standard InChI is InChI=1S/C16H10Cl2N2O2S/c17-10-5-7-11(8-6-10)19-16-20(14(21)9-23-16)15(22)12-3-1-2-4-13(12)18/h1-8H,9H2. The molecule has 1 fully saturated rings. The SMILES string of the molecule is O=C1CSC(=Nc2ccc(Cl)cc2)N1C(=O)c1ccccc1Cl. The number of halogens is 2. The van der Waals surface area contributed by atoms with E-state index in [2.05, 4.69) is 4.99 Å². The second-order valence-corrected chi connectivity index (χ2v) is 6.46. The first-order valence-electron chi connectivity index (χ1n) is 6.65. The van der Waals surface area contributed by atoms with Gasteiger partial charge in [-0.1, -0.05) is 47.1 Å².